The number of ether oxygens (including phenoxy) is 1. The van der Waals surface area contributed by atoms with Crippen molar-refractivity contribution in [1.82, 2.24) is 0 Å². The average molecular weight is 432 g/mol. The van der Waals surface area contributed by atoms with Crippen LogP contribution in [0.2, 0.25) is 15.1 Å². The van der Waals surface area contributed by atoms with Gasteiger partial charge < -0.3 is 9.15 Å². The molecule has 0 unspecified atom stereocenters. The van der Waals surface area contributed by atoms with Crippen LogP contribution in [0.15, 0.2) is 75.9 Å². The fourth-order valence-corrected chi connectivity index (χ4v) is 3.51. The van der Waals surface area contributed by atoms with Gasteiger partial charge in [-0.25, -0.2) is 0 Å². The first-order chi connectivity index (χ1) is 13.5. The van der Waals surface area contributed by atoms with E-state index in [0.717, 1.165) is 5.56 Å². The lowest BCUT2D eigenvalue weighted by atomic mass is 10.1. The summed E-state index contributed by atoms with van der Waals surface area (Å²) in [6.45, 7) is 0.182. The predicted molar refractivity (Wildman–Crippen MR) is 114 cm³/mol. The van der Waals surface area contributed by atoms with Gasteiger partial charge in [0.1, 0.15) is 6.61 Å². The molecular weight excluding hydrogens is 419 g/mol. The second-order valence-electron chi connectivity index (χ2n) is 6.13. The summed E-state index contributed by atoms with van der Waals surface area (Å²) in [6, 6.07) is 19.5. The van der Waals surface area contributed by atoms with E-state index in [1.54, 1.807) is 12.1 Å². The summed E-state index contributed by atoms with van der Waals surface area (Å²) in [6.07, 6.45) is 0. The van der Waals surface area contributed by atoms with Crippen molar-refractivity contribution in [1.29, 1.82) is 0 Å². The van der Waals surface area contributed by atoms with Crippen molar-refractivity contribution in [3.63, 3.8) is 0 Å². The van der Waals surface area contributed by atoms with Gasteiger partial charge in [-0.3, -0.25) is 4.79 Å². The summed E-state index contributed by atoms with van der Waals surface area (Å²) in [5, 5.41) is 1.51. The summed E-state index contributed by atoms with van der Waals surface area (Å²) < 4.78 is 11.9. The summed E-state index contributed by atoms with van der Waals surface area (Å²) in [5.74, 6) is 0.420. The zero-order valence-electron chi connectivity index (χ0n) is 14.4. The topological polar surface area (TPSA) is 39.4 Å². The molecule has 1 heterocycles. The smallest absolute Gasteiger partial charge is 0.235 e. The molecule has 4 rings (SSSR count). The van der Waals surface area contributed by atoms with Crippen LogP contribution in [-0.4, -0.2) is 0 Å². The molecule has 0 radical (unpaired) electrons. The van der Waals surface area contributed by atoms with Crippen LogP contribution in [0, 0.1) is 0 Å². The van der Waals surface area contributed by atoms with E-state index in [0.29, 0.717) is 21.4 Å². The fourth-order valence-electron chi connectivity index (χ4n) is 2.85. The van der Waals surface area contributed by atoms with Crippen LogP contribution < -0.4 is 10.2 Å². The van der Waals surface area contributed by atoms with E-state index in [4.69, 9.17) is 44.0 Å². The standard InChI is InChI=1S/C22H13Cl3O3/c23-15-8-6-13(7-9-15)12-27-22-19(26)17-10-16(24)11-18(25)21(17)28-20(22)14-4-2-1-3-5-14/h1-11H,12H2. The first-order valence-corrected chi connectivity index (χ1v) is 9.55. The SMILES string of the molecule is O=c1c(OCc2ccc(Cl)cc2)c(-c2ccccc2)oc2c(Cl)cc(Cl)cc12. The lowest BCUT2D eigenvalue weighted by molar-refractivity contribution is 0.298. The Balaban J connectivity index is 1.87. The summed E-state index contributed by atoms with van der Waals surface area (Å²) in [4.78, 5) is 13.2. The van der Waals surface area contributed by atoms with Crippen LogP contribution in [0.5, 0.6) is 5.75 Å². The zero-order valence-corrected chi connectivity index (χ0v) is 16.7. The zero-order chi connectivity index (χ0) is 19.7. The number of hydrogen-bond donors (Lipinski definition) is 0. The van der Waals surface area contributed by atoms with Gasteiger partial charge in [-0.05, 0) is 29.8 Å². The van der Waals surface area contributed by atoms with E-state index >= 15 is 0 Å². The largest absolute Gasteiger partial charge is 0.481 e. The summed E-state index contributed by atoms with van der Waals surface area (Å²) in [7, 11) is 0. The maximum Gasteiger partial charge on any atom is 0.235 e. The van der Waals surface area contributed by atoms with Crippen LogP contribution in [0.25, 0.3) is 22.3 Å². The number of halogens is 3. The second kappa shape index (κ2) is 7.88. The van der Waals surface area contributed by atoms with Crippen LogP contribution in [-0.2, 0) is 6.61 Å². The average Bonchev–Trinajstić information content (AvgIpc) is 2.69. The number of fused-ring (bicyclic) bond motifs is 1. The van der Waals surface area contributed by atoms with Crippen molar-refractivity contribution in [2.45, 2.75) is 6.61 Å². The molecule has 1 aromatic heterocycles. The number of hydrogen-bond acceptors (Lipinski definition) is 3. The van der Waals surface area contributed by atoms with Gasteiger partial charge in [-0.1, -0.05) is 77.3 Å². The van der Waals surface area contributed by atoms with Crippen LogP contribution in [0.4, 0.5) is 0 Å². The molecule has 3 aromatic carbocycles. The van der Waals surface area contributed by atoms with E-state index in [1.807, 2.05) is 42.5 Å². The van der Waals surface area contributed by atoms with E-state index in [-0.39, 0.29) is 33.8 Å². The van der Waals surface area contributed by atoms with Gasteiger partial charge in [0.05, 0.1) is 10.4 Å². The monoisotopic (exact) mass is 430 g/mol. The lowest BCUT2D eigenvalue weighted by Crippen LogP contribution is -2.10. The quantitative estimate of drug-likeness (QED) is 0.349. The Morgan fingerprint density at radius 1 is 0.857 bits per heavy atom. The van der Waals surface area contributed by atoms with E-state index in [1.165, 1.54) is 12.1 Å². The third-order valence-corrected chi connectivity index (χ3v) is 4.95. The normalized spacial score (nSPS) is 11.0. The molecule has 6 heteroatoms. The molecular formula is C22H13Cl3O3. The first-order valence-electron chi connectivity index (χ1n) is 8.41. The van der Waals surface area contributed by atoms with Crippen molar-refractivity contribution in [3.8, 4) is 17.1 Å². The van der Waals surface area contributed by atoms with E-state index in [9.17, 15) is 4.79 Å². The minimum atomic E-state index is -0.335. The van der Waals surface area contributed by atoms with Crippen molar-refractivity contribution < 1.29 is 9.15 Å². The maximum atomic E-state index is 13.2. The van der Waals surface area contributed by atoms with E-state index < -0.39 is 0 Å². The third-order valence-electron chi connectivity index (χ3n) is 4.20. The highest BCUT2D eigenvalue weighted by atomic mass is 35.5. The third kappa shape index (κ3) is 3.74. The highest BCUT2D eigenvalue weighted by molar-refractivity contribution is 6.38. The highest BCUT2D eigenvalue weighted by Crippen LogP contribution is 2.35. The Kier molecular flexibility index (Phi) is 5.31. The molecule has 140 valence electrons. The second-order valence-corrected chi connectivity index (χ2v) is 7.41. The molecule has 28 heavy (non-hydrogen) atoms. The van der Waals surface area contributed by atoms with Crippen molar-refractivity contribution in [2.24, 2.45) is 0 Å². The van der Waals surface area contributed by atoms with Gasteiger partial charge in [-0.2, -0.15) is 0 Å². The Morgan fingerprint density at radius 2 is 1.57 bits per heavy atom. The van der Waals surface area contributed by atoms with Crippen LogP contribution in [0.3, 0.4) is 0 Å². The molecule has 0 aliphatic rings. The lowest BCUT2D eigenvalue weighted by Gasteiger charge is -2.12. The minimum Gasteiger partial charge on any atom is -0.481 e. The van der Waals surface area contributed by atoms with Gasteiger partial charge in [-0.15, -0.1) is 0 Å². The molecule has 0 N–H and O–H groups in total. The summed E-state index contributed by atoms with van der Waals surface area (Å²) >= 11 is 18.3. The molecule has 0 bridgehead atoms. The molecule has 0 spiro atoms. The number of benzene rings is 3. The van der Waals surface area contributed by atoms with Crippen molar-refractivity contribution in [2.75, 3.05) is 0 Å². The highest BCUT2D eigenvalue weighted by Gasteiger charge is 2.20. The van der Waals surface area contributed by atoms with Gasteiger partial charge in [0.2, 0.25) is 11.2 Å². The first kappa shape index (κ1) is 18.9. The predicted octanol–water partition coefficient (Wildman–Crippen LogP) is 7.00. The molecule has 0 saturated carbocycles. The summed E-state index contributed by atoms with van der Waals surface area (Å²) in [5.41, 5.74) is 1.51. The fraction of sp³-hybridized carbons (Fsp3) is 0.0455. The van der Waals surface area contributed by atoms with E-state index in [2.05, 4.69) is 0 Å². The van der Waals surface area contributed by atoms with Gasteiger partial charge in [0, 0.05) is 15.6 Å². The van der Waals surface area contributed by atoms with Gasteiger partial charge >= 0.3 is 0 Å². The Bertz CT molecular complexity index is 1200. The molecule has 0 atom stereocenters. The Morgan fingerprint density at radius 3 is 2.29 bits per heavy atom. The van der Waals surface area contributed by atoms with Crippen LogP contribution in [0.1, 0.15) is 5.56 Å². The van der Waals surface area contributed by atoms with Crippen LogP contribution >= 0.6 is 34.8 Å². The number of rotatable bonds is 4. The van der Waals surface area contributed by atoms with Crippen molar-refractivity contribution in [3.05, 3.63) is 97.6 Å². The molecule has 0 aliphatic carbocycles. The maximum absolute atomic E-state index is 13.2. The molecule has 0 amide bonds. The van der Waals surface area contributed by atoms with Gasteiger partial charge in [0.25, 0.3) is 0 Å². The Labute approximate surface area is 176 Å². The molecule has 4 aromatic rings. The molecule has 0 saturated heterocycles. The van der Waals surface area contributed by atoms with Gasteiger partial charge in [0.15, 0.2) is 11.3 Å². The Hall–Kier alpha value is -2.46. The minimum absolute atomic E-state index is 0.104. The van der Waals surface area contributed by atoms with Crippen molar-refractivity contribution >= 4 is 45.8 Å². The molecule has 0 fully saturated rings. The molecule has 0 aliphatic heterocycles. The molecule has 3 nitrogen and oxygen atoms in total.